The number of phenols is 1. The summed E-state index contributed by atoms with van der Waals surface area (Å²) in [5.41, 5.74) is 2.38. The van der Waals surface area contributed by atoms with Crippen molar-refractivity contribution in [3.8, 4) is 28.7 Å². The molecule has 4 rings (SSSR count). The van der Waals surface area contributed by atoms with E-state index in [0.717, 1.165) is 21.9 Å². The number of hydrogen-bond donors (Lipinski definition) is 2. The second kappa shape index (κ2) is 11.8. The quantitative estimate of drug-likeness (QED) is 0.308. The van der Waals surface area contributed by atoms with Gasteiger partial charge in [-0.2, -0.15) is 0 Å². The van der Waals surface area contributed by atoms with Gasteiger partial charge < -0.3 is 24.1 Å². The Hall–Kier alpha value is -4.79. The predicted octanol–water partition coefficient (Wildman–Crippen LogP) is 5.06. The highest BCUT2D eigenvalue weighted by Gasteiger charge is 2.20. The molecular weight excluding hydrogens is 476 g/mol. The van der Waals surface area contributed by atoms with E-state index in [-0.39, 0.29) is 18.0 Å². The van der Waals surface area contributed by atoms with Gasteiger partial charge in [-0.15, -0.1) is 0 Å². The lowest BCUT2D eigenvalue weighted by atomic mass is 10.2. The molecule has 0 bridgehead atoms. The molecule has 0 saturated carbocycles. The molecule has 37 heavy (non-hydrogen) atoms. The molecule has 190 valence electrons. The van der Waals surface area contributed by atoms with E-state index in [1.165, 1.54) is 24.3 Å². The molecule has 0 unspecified atom stereocenters. The first-order valence-electron chi connectivity index (χ1n) is 11.6. The van der Waals surface area contributed by atoms with Gasteiger partial charge in [0.2, 0.25) is 5.89 Å². The van der Waals surface area contributed by atoms with E-state index >= 15 is 0 Å². The average Bonchev–Trinajstić information content (AvgIpc) is 3.26. The van der Waals surface area contributed by atoms with Gasteiger partial charge in [0.1, 0.15) is 29.6 Å². The van der Waals surface area contributed by atoms with Crippen LogP contribution in [0.5, 0.6) is 17.2 Å². The third-order valence-electron chi connectivity index (χ3n) is 5.42. The first-order chi connectivity index (χ1) is 17.9. The highest BCUT2D eigenvalue weighted by atomic mass is 16.6. The zero-order valence-electron chi connectivity index (χ0n) is 20.2. The number of aromatic hydroxyl groups is 1. The van der Waals surface area contributed by atoms with Crippen molar-refractivity contribution in [2.45, 2.75) is 19.9 Å². The maximum Gasteiger partial charge on any atom is 0.416 e. The second-order valence-electron chi connectivity index (χ2n) is 8.25. The van der Waals surface area contributed by atoms with Crippen LogP contribution in [-0.4, -0.2) is 45.3 Å². The van der Waals surface area contributed by atoms with E-state index in [9.17, 15) is 19.8 Å². The van der Waals surface area contributed by atoms with Crippen LogP contribution in [-0.2, 0) is 17.8 Å². The van der Waals surface area contributed by atoms with Crippen LogP contribution in [0.1, 0.15) is 17.0 Å². The van der Waals surface area contributed by atoms with Crippen molar-refractivity contribution in [3.63, 3.8) is 0 Å². The first-order valence-corrected chi connectivity index (χ1v) is 11.6. The largest absolute Gasteiger partial charge is 0.508 e. The van der Waals surface area contributed by atoms with Crippen LogP contribution in [0.4, 0.5) is 4.79 Å². The number of oxazole rings is 1. The summed E-state index contributed by atoms with van der Waals surface area (Å²) in [5.74, 6) is 0.903. The fourth-order valence-electron chi connectivity index (χ4n) is 3.61. The Kier molecular flexibility index (Phi) is 8.05. The fourth-order valence-corrected chi connectivity index (χ4v) is 3.61. The zero-order chi connectivity index (χ0) is 26.2. The third-order valence-corrected chi connectivity index (χ3v) is 5.42. The summed E-state index contributed by atoms with van der Waals surface area (Å²) in [6.07, 6.45) is -0.286. The number of nitrogens with zero attached hydrogens (tertiary/aromatic N) is 2. The van der Waals surface area contributed by atoms with Gasteiger partial charge in [-0.05, 0) is 61.0 Å². The summed E-state index contributed by atoms with van der Waals surface area (Å²) in [5, 5.41) is 18.6. The van der Waals surface area contributed by atoms with Crippen LogP contribution in [0.15, 0.2) is 83.3 Å². The lowest BCUT2D eigenvalue weighted by molar-refractivity contribution is -0.138. The summed E-state index contributed by atoms with van der Waals surface area (Å²) in [6.45, 7) is 1.68. The maximum atomic E-state index is 12.6. The molecule has 4 aromatic rings. The fraction of sp³-hybridized carbons (Fsp3) is 0.179. The molecule has 1 aromatic heterocycles. The number of ether oxygens (including phenoxy) is 2. The van der Waals surface area contributed by atoms with E-state index in [1.54, 1.807) is 24.3 Å². The van der Waals surface area contributed by atoms with E-state index < -0.39 is 18.6 Å². The van der Waals surface area contributed by atoms with Crippen LogP contribution in [0.3, 0.4) is 0 Å². The molecule has 2 N–H and O–H groups in total. The topological polar surface area (TPSA) is 122 Å². The molecular formula is C28H26N2O7. The molecule has 3 aromatic carbocycles. The number of amides is 1. The van der Waals surface area contributed by atoms with Gasteiger partial charge in [-0.1, -0.05) is 30.3 Å². The third kappa shape index (κ3) is 7.11. The van der Waals surface area contributed by atoms with Gasteiger partial charge in [-0.3, -0.25) is 9.69 Å². The number of aromatic nitrogens is 1. The first kappa shape index (κ1) is 25.3. The average molecular weight is 503 g/mol. The number of aryl methyl sites for hydroxylation is 1. The van der Waals surface area contributed by atoms with Crippen LogP contribution < -0.4 is 9.47 Å². The Bertz CT molecular complexity index is 1350. The number of benzene rings is 3. The lowest BCUT2D eigenvalue weighted by Crippen LogP contribution is -2.37. The maximum absolute atomic E-state index is 12.6. The number of carboxylic acids is 1. The Morgan fingerprint density at radius 1 is 0.973 bits per heavy atom. The molecule has 0 aliphatic carbocycles. The number of carbonyl (C=O) groups is 2. The number of hydrogen-bond acceptors (Lipinski definition) is 7. The van der Waals surface area contributed by atoms with E-state index in [0.29, 0.717) is 30.2 Å². The van der Waals surface area contributed by atoms with Gasteiger partial charge in [0.25, 0.3) is 0 Å². The molecule has 9 heteroatoms. The number of phenolic OH excluding ortho intramolecular Hbond substituents is 1. The summed E-state index contributed by atoms with van der Waals surface area (Å²) in [6, 6.07) is 22.3. The molecule has 0 fully saturated rings. The summed E-state index contributed by atoms with van der Waals surface area (Å²) in [4.78, 5) is 29.6. The van der Waals surface area contributed by atoms with Crippen molar-refractivity contribution in [2.24, 2.45) is 0 Å². The van der Waals surface area contributed by atoms with Crippen LogP contribution in [0.25, 0.3) is 11.5 Å². The minimum absolute atomic E-state index is 0.00322. The number of aliphatic carboxylic acids is 1. The number of carbonyl (C=O) groups excluding carboxylic acids is 1. The molecule has 9 nitrogen and oxygen atoms in total. The van der Waals surface area contributed by atoms with Gasteiger partial charge in [-0.25, -0.2) is 9.78 Å². The molecule has 0 radical (unpaired) electrons. The smallest absolute Gasteiger partial charge is 0.416 e. The number of carboxylic acid groups (broad SMARTS) is 1. The Labute approximate surface area is 213 Å². The van der Waals surface area contributed by atoms with E-state index in [1.807, 2.05) is 37.3 Å². The van der Waals surface area contributed by atoms with Crippen LogP contribution >= 0.6 is 0 Å². The summed E-state index contributed by atoms with van der Waals surface area (Å²) >= 11 is 0. The van der Waals surface area contributed by atoms with Gasteiger partial charge in [0, 0.05) is 18.5 Å². The lowest BCUT2D eigenvalue weighted by Gasteiger charge is -2.20. The van der Waals surface area contributed by atoms with Crippen molar-refractivity contribution in [2.75, 3.05) is 13.2 Å². The minimum Gasteiger partial charge on any atom is -0.508 e. The molecule has 0 aliphatic rings. The van der Waals surface area contributed by atoms with E-state index in [2.05, 4.69) is 4.98 Å². The second-order valence-corrected chi connectivity index (χ2v) is 8.25. The Morgan fingerprint density at radius 2 is 1.73 bits per heavy atom. The van der Waals surface area contributed by atoms with Crippen LogP contribution in [0, 0.1) is 6.92 Å². The van der Waals surface area contributed by atoms with Gasteiger partial charge >= 0.3 is 12.1 Å². The standard InChI is InChI=1S/C28H26N2O7/c1-19-25(29-27(36-19)21-7-3-2-4-8-21)14-15-35-24-9-5-6-20(16-24)17-30(18-26(32)33)28(34)37-23-12-10-22(31)11-13-23/h2-13,16,31H,14-15,17-18H2,1H3,(H,32,33). The SMILES string of the molecule is Cc1oc(-c2ccccc2)nc1CCOc1cccc(CN(CC(=O)O)C(=O)Oc2ccc(O)cc2)c1. The molecule has 0 atom stereocenters. The molecule has 1 amide bonds. The highest BCUT2D eigenvalue weighted by molar-refractivity contribution is 5.78. The minimum atomic E-state index is -1.17. The molecule has 0 spiro atoms. The van der Waals surface area contributed by atoms with Crippen molar-refractivity contribution >= 4 is 12.1 Å². The van der Waals surface area contributed by atoms with Gasteiger partial charge in [0.15, 0.2) is 0 Å². The zero-order valence-corrected chi connectivity index (χ0v) is 20.2. The molecule has 0 aliphatic heterocycles. The normalized spacial score (nSPS) is 10.6. The summed E-state index contributed by atoms with van der Waals surface area (Å²) in [7, 11) is 0. The molecule has 1 heterocycles. The summed E-state index contributed by atoms with van der Waals surface area (Å²) < 4.78 is 16.9. The van der Waals surface area contributed by atoms with Crippen molar-refractivity contribution in [1.29, 1.82) is 0 Å². The number of rotatable bonds is 10. The van der Waals surface area contributed by atoms with Crippen molar-refractivity contribution in [3.05, 3.63) is 95.9 Å². The Balaban J connectivity index is 1.37. The van der Waals surface area contributed by atoms with Gasteiger partial charge in [0.05, 0.1) is 12.3 Å². The predicted molar refractivity (Wildman–Crippen MR) is 134 cm³/mol. The van der Waals surface area contributed by atoms with Crippen molar-refractivity contribution in [1.82, 2.24) is 9.88 Å². The Morgan fingerprint density at radius 3 is 2.46 bits per heavy atom. The highest BCUT2D eigenvalue weighted by Crippen LogP contribution is 2.23. The van der Waals surface area contributed by atoms with Crippen molar-refractivity contribution < 1.29 is 33.7 Å². The van der Waals surface area contributed by atoms with E-state index in [4.69, 9.17) is 13.9 Å². The van der Waals surface area contributed by atoms with Crippen LogP contribution in [0.2, 0.25) is 0 Å². The monoisotopic (exact) mass is 502 g/mol. The molecule has 0 saturated heterocycles.